The minimum Gasteiger partial charge on any atom is -0.457 e. The number of furan rings is 1. The zero-order valence-electron chi connectivity index (χ0n) is 7.85. The van der Waals surface area contributed by atoms with Crippen molar-refractivity contribution in [2.45, 2.75) is 6.04 Å². The van der Waals surface area contributed by atoms with Crippen molar-refractivity contribution in [2.24, 2.45) is 5.84 Å². The smallest absolute Gasteiger partial charge is 0.174 e. The van der Waals surface area contributed by atoms with Gasteiger partial charge in [-0.1, -0.05) is 6.07 Å². The first-order valence-corrected chi connectivity index (χ1v) is 5.21. The van der Waals surface area contributed by atoms with Crippen LogP contribution in [0.5, 0.6) is 0 Å². The first-order chi connectivity index (χ1) is 7.33. The van der Waals surface area contributed by atoms with Gasteiger partial charge in [0.1, 0.15) is 0 Å². The standard InChI is InChI=1S/C10H10BrN3O/c11-10-8(3-5-15-10)9(14-12)7-2-1-4-13-6-7/h1-6,9,14H,12H2. The van der Waals surface area contributed by atoms with Crippen molar-refractivity contribution in [3.63, 3.8) is 0 Å². The Labute approximate surface area is 95.6 Å². The van der Waals surface area contributed by atoms with Gasteiger partial charge in [0.05, 0.1) is 12.3 Å². The van der Waals surface area contributed by atoms with E-state index in [4.69, 9.17) is 10.3 Å². The maximum atomic E-state index is 5.52. The van der Waals surface area contributed by atoms with Crippen molar-refractivity contribution in [1.82, 2.24) is 10.4 Å². The molecule has 15 heavy (non-hydrogen) atoms. The quantitative estimate of drug-likeness (QED) is 0.660. The Bertz CT molecular complexity index is 429. The second kappa shape index (κ2) is 4.57. The minimum absolute atomic E-state index is 0.119. The SMILES string of the molecule is NNC(c1cccnc1)c1ccoc1Br. The van der Waals surface area contributed by atoms with E-state index in [-0.39, 0.29) is 6.04 Å². The van der Waals surface area contributed by atoms with Gasteiger partial charge in [0.15, 0.2) is 4.67 Å². The van der Waals surface area contributed by atoms with Crippen LogP contribution in [0.4, 0.5) is 0 Å². The first kappa shape index (κ1) is 10.4. The molecular weight excluding hydrogens is 258 g/mol. The van der Waals surface area contributed by atoms with E-state index in [0.717, 1.165) is 11.1 Å². The Morgan fingerprint density at radius 2 is 2.33 bits per heavy atom. The molecule has 2 rings (SSSR count). The van der Waals surface area contributed by atoms with Gasteiger partial charge in [-0.05, 0) is 33.6 Å². The summed E-state index contributed by atoms with van der Waals surface area (Å²) in [7, 11) is 0. The molecule has 2 heterocycles. The molecule has 0 aliphatic rings. The Morgan fingerprint density at radius 3 is 2.87 bits per heavy atom. The van der Waals surface area contributed by atoms with Crippen LogP contribution in [0.1, 0.15) is 17.2 Å². The average molecular weight is 268 g/mol. The lowest BCUT2D eigenvalue weighted by Gasteiger charge is -2.14. The molecule has 78 valence electrons. The molecule has 1 unspecified atom stereocenters. The van der Waals surface area contributed by atoms with Crippen LogP contribution in [0.2, 0.25) is 0 Å². The lowest BCUT2D eigenvalue weighted by atomic mass is 10.0. The molecule has 0 aliphatic heterocycles. The predicted octanol–water partition coefficient (Wildman–Crippen LogP) is 1.99. The number of rotatable bonds is 3. The van der Waals surface area contributed by atoms with Gasteiger partial charge in [-0.15, -0.1) is 0 Å². The number of pyridine rings is 1. The van der Waals surface area contributed by atoms with Crippen molar-refractivity contribution in [2.75, 3.05) is 0 Å². The van der Waals surface area contributed by atoms with Gasteiger partial charge < -0.3 is 4.42 Å². The van der Waals surface area contributed by atoms with E-state index >= 15 is 0 Å². The monoisotopic (exact) mass is 267 g/mol. The number of aromatic nitrogens is 1. The molecule has 3 N–H and O–H groups in total. The van der Waals surface area contributed by atoms with E-state index in [9.17, 15) is 0 Å². The second-order valence-electron chi connectivity index (χ2n) is 3.04. The molecule has 0 bridgehead atoms. The minimum atomic E-state index is -0.119. The third-order valence-corrected chi connectivity index (χ3v) is 2.79. The van der Waals surface area contributed by atoms with Crippen molar-refractivity contribution in [3.8, 4) is 0 Å². The molecular formula is C10H10BrN3O. The summed E-state index contributed by atoms with van der Waals surface area (Å²) in [6.07, 6.45) is 5.10. The number of halogens is 1. The summed E-state index contributed by atoms with van der Waals surface area (Å²) >= 11 is 3.32. The topological polar surface area (TPSA) is 64.1 Å². The molecule has 0 aromatic carbocycles. The van der Waals surface area contributed by atoms with Crippen LogP contribution >= 0.6 is 15.9 Å². The van der Waals surface area contributed by atoms with Gasteiger partial charge in [0.2, 0.25) is 0 Å². The number of nitrogens with one attached hydrogen (secondary N) is 1. The Balaban J connectivity index is 2.37. The lowest BCUT2D eigenvalue weighted by Crippen LogP contribution is -2.28. The highest BCUT2D eigenvalue weighted by Crippen LogP contribution is 2.28. The molecule has 0 fully saturated rings. The fourth-order valence-corrected chi connectivity index (χ4v) is 1.89. The van der Waals surface area contributed by atoms with E-state index in [0.29, 0.717) is 4.67 Å². The van der Waals surface area contributed by atoms with Gasteiger partial charge >= 0.3 is 0 Å². The summed E-state index contributed by atoms with van der Waals surface area (Å²) in [6, 6.07) is 5.57. The van der Waals surface area contributed by atoms with Crippen LogP contribution in [0, 0.1) is 0 Å². The molecule has 5 heteroatoms. The maximum absolute atomic E-state index is 5.52. The zero-order chi connectivity index (χ0) is 10.7. The van der Waals surface area contributed by atoms with Crippen LogP contribution in [0.15, 0.2) is 45.9 Å². The molecule has 0 amide bonds. The average Bonchev–Trinajstić information content (AvgIpc) is 2.68. The molecule has 1 atom stereocenters. The van der Waals surface area contributed by atoms with Crippen LogP contribution in [0.25, 0.3) is 0 Å². The largest absolute Gasteiger partial charge is 0.457 e. The third-order valence-electron chi connectivity index (χ3n) is 2.14. The zero-order valence-corrected chi connectivity index (χ0v) is 9.44. The van der Waals surface area contributed by atoms with E-state index in [1.54, 1.807) is 18.7 Å². The summed E-state index contributed by atoms with van der Waals surface area (Å²) in [5.41, 5.74) is 4.67. The van der Waals surface area contributed by atoms with Crippen molar-refractivity contribution >= 4 is 15.9 Å². The fourth-order valence-electron chi connectivity index (χ4n) is 1.42. The van der Waals surface area contributed by atoms with E-state index in [1.165, 1.54) is 0 Å². The molecule has 0 aliphatic carbocycles. The number of hydrogen-bond donors (Lipinski definition) is 2. The van der Waals surface area contributed by atoms with Crippen LogP contribution in [-0.2, 0) is 0 Å². The second-order valence-corrected chi connectivity index (χ2v) is 3.76. The maximum Gasteiger partial charge on any atom is 0.174 e. The first-order valence-electron chi connectivity index (χ1n) is 4.42. The van der Waals surface area contributed by atoms with Crippen LogP contribution in [-0.4, -0.2) is 4.98 Å². The molecule has 0 saturated heterocycles. The molecule has 2 aromatic rings. The van der Waals surface area contributed by atoms with Gasteiger partial charge in [-0.2, -0.15) is 0 Å². The number of nitrogens with two attached hydrogens (primary N) is 1. The highest BCUT2D eigenvalue weighted by atomic mass is 79.9. The molecule has 0 spiro atoms. The molecule has 2 aromatic heterocycles. The lowest BCUT2D eigenvalue weighted by molar-refractivity contribution is 0.526. The summed E-state index contributed by atoms with van der Waals surface area (Å²) < 4.78 is 5.84. The highest BCUT2D eigenvalue weighted by Gasteiger charge is 2.17. The number of hydrazine groups is 1. The fraction of sp³-hybridized carbons (Fsp3) is 0.100. The molecule has 0 radical (unpaired) electrons. The Morgan fingerprint density at radius 1 is 1.47 bits per heavy atom. The summed E-state index contributed by atoms with van der Waals surface area (Å²) in [6.45, 7) is 0. The summed E-state index contributed by atoms with van der Waals surface area (Å²) in [5.74, 6) is 5.52. The third kappa shape index (κ3) is 2.09. The van der Waals surface area contributed by atoms with Gasteiger partial charge in [-0.3, -0.25) is 10.8 Å². The number of nitrogens with zero attached hydrogens (tertiary/aromatic N) is 1. The van der Waals surface area contributed by atoms with Crippen LogP contribution < -0.4 is 11.3 Å². The molecule has 0 saturated carbocycles. The Kier molecular flexibility index (Phi) is 3.15. The van der Waals surface area contributed by atoms with Gasteiger partial charge in [-0.25, -0.2) is 5.43 Å². The normalized spacial score (nSPS) is 12.7. The Hall–Kier alpha value is -1.17. The predicted molar refractivity (Wildman–Crippen MR) is 59.8 cm³/mol. The van der Waals surface area contributed by atoms with E-state index < -0.39 is 0 Å². The number of hydrogen-bond acceptors (Lipinski definition) is 4. The van der Waals surface area contributed by atoms with E-state index in [2.05, 4.69) is 26.3 Å². The molecule has 4 nitrogen and oxygen atoms in total. The summed E-state index contributed by atoms with van der Waals surface area (Å²) in [4.78, 5) is 4.05. The van der Waals surface area contributed by atoms with Gasteiger partial charge in [0.25, 0.3) is 0 Å². The van der Waals surface area contributed by atoms with E-state index in [1.807, 2.05) is 18.2 Å². The van der Waals surface area contributed by atoms with Crippen LogP contribution in [0.3, 0.4) is 0 Å². The van der Waals surface area contributed by atoms with Gasteiger partial charge in [0, 0.05) is 18.0 Å². The summed E-state index contributed by atoms with van der Waals surface area (Å²) in [5, 5.41) is 0. The highest BCUT2D eigenvalue weighted by molar-refractivity contribution is 9.10. The van der Waals surface area contributed by atoms with Crippen molar-refractivity contribution in [1.29, 1.82) is 0 Å². The van der Waals surface area contributed by atoms with Crippen molar-refractivity contribution in [3.05, 3.63) is 52.7 Å². The van der Waals surface area contributed by atoms with Crippen molar-refractivity contribution < 1.29 is 4.42 Å².